The van der Waals surface area contributed by atoms with Crippen LogP contribution in [-0.4, -0.2) is 32.4 Å². The Morgan fingerprint density at radius 3 is 2.60 bits per heavy atom. The molecule has 0 aliphatic heterocycles. The number of aliphatic hydroxyl groups is 1. The number of rotatable bonds is 3. The van der Waals surface area contributed by atoms with E-state index in [0.29, 0.717) is 5.82 Å². The van der Waals surface area contributed by atoms with Crippen LogP contribution in [0.3, 0.4) is 0 Å². The number of aromatic nitrogens is 4. The van der Waals surface area contributed by atoms with Gasteiger partial charge in [0.05, 0.1) is 12.8 Å². The molecule has 1 N–H and O–H groups in total. The predicted molar refractivity (Wildman–Crippen MR) is 51.6 cm³/mol. The summed E-state index contributed by atoms with van der Waals surface area (Å²) in [6, 6.07) is 7.22. The van der Waals surface area contributed by atoms with Gasteiger partial charge in [0.1, 0.15) is 12.4 Å². The van der Waals surface area contributed by atoms with Crippen molar-refractivity contribution < 1.29 is 9.84 Å². The van der Waals surface area contributed by atoms with Gasteiger partial charge < -0.3 is 9.84 Å². The lowest BCUT2D eigenvalue weighted by Gasteiger charge is -2.00. The Balaban J connectivity index is 2.28. The summed E-state index contributed by atoms with van der Waals surface area (Å²) in [7, 11) is 1.60. The molecule has 1 aromatic carbocycles. The second-order valence-corrected chi connectivity index (χ2v) is 2.85. The maximum atomic E-state index is 8.78. The van der Waals surface area contributed by atoms with Crippen molar-refractivity contribution in [1.82, 2.24) is 20.2 Å². The smallest absolute Gasteiger partial charge is 0.200 e. The van der Waals surface area contributed by atoms with E-state index in [1.54, 1.807) is 19.2 Å². The number of benzene rings is 1. The molecular formula is C9H10N4O2. The second-order valence-electron chi connectivity index (χ2n) is 2.85. The molecule has 0 spiro atoms. The number of ether oxygens (including phenoxy) is 1. The lowest BCUT2D eigenvalue weighted by molar-refractivity contribution is 0.271. The first-order valence-corrected chi connectivity index (χ1v) is 4.37. The highest BCUT2D eigenvalue weighted by Gasteiger charge is 2.03. The molecule has 0 saturated carbocycles. The molecule has 78 valence electrons. The van der Waals surface area contributed by atoms with Gasteiger partial charge in [0.2, 0.25) is 5.82 Å². The summed E-state index contributed by atoms with van der Waals surface area (Å²) < 4.78 is 5.03. The van der Waals surface area contributed by atoms with E-state index in [4.69, 9.17) is 9.84 Å². The summed E-state index contributed by atoms with van der Waals surface area (Å²) >= 11 is 0. The highest BCUT2D eigenvalue weighted by atomic mass is 16.5. The van der Waals surface area contributed by atoms with Gasteiger partial charge in [0, 0.05) is 0 Å². The lowest BCUT2D eigenvalue weighted by atomic mass is 10.3. The number of aliphatic hydroxyl groups excluding tert-OH is 1. The fourth-order valence-corrected chi connectivity index (χ4v) is 1.13. The van der Waals surface area contributed by atoms with E-state index >= 15 is 0 Å². The molecular weight excluding hydrogens is 196 g/mol. The van der Waals surface area contributed by atoms with Gasteiger partial charge in [0.15, 0.2) is 0 Å². The highest BCUT2D eigenvalue weighted by Crippen LogP contribution is 2.12. The first-order chi connectivity index (χ1) is 7.33. The Hall–Kier alpha value is -1.95. The van der Waals surface area contributed by atoms with Crippen molar-refractivity contribution in [3.63, 3.8) is 0 Å². The van der Waals surface area contributed by atoms with Crippen LogP contribution in [0, 0.1) is 0 Å². The zero-order valence-corrected chi connectivity index (χ0v) is 8.16. The summed E-state index contributed by atoms with van der Waals surface area (Å²) in [5.74, 6) is 1.06. The van der Waals surface area contributed by atoms with Crippen LogP contribution in [0.2, 0.25) is 0 Å². The topological polar surface area (TPSA) is 73.1 Å². The van der Waals surface area contributed by atoms with E-state index in [1.165, 1.54) is 4.80 Å². The second kappa shape index (κ2) is 4.05. The van der Waals surface area contributed by atoms with Crippen LogP contribution in [0.4, 0.5) is 0 Å². The molecule has 2 rings (SSSR count). The van der Waals surface area contributed by atoms with Crippen molar-refractivity contribution >= 4 is 0 Å². The average Bonchev–Trinajstić information content (AvgIpc) is 2.78. The van der Waals surface area contributed by atoms with E-state index in [-0.39, 0.29) is 6.61 Å². The predicted octanol–water partition coefficient (Wildman–Crippen LogP) is 0.163. The first kappa shape index (κ1) is 9.60. The molecule has 1 heterocycles. The molecule has 0 aliphatic rings. The quantitative estimate of drug-likeness (QED) is 0.774. The normalized spacial score (nSPS) is 10.3. The SMILES string of the molecule is COc1ccc(-n2nnc(CO)n2)cc1. The van der Waals surface area contributed by atoms with Crippen molar-refractivity contribution in [2.45, 2.75) is 6.61 Å². The van der Waals surface area contributed by atoms with Gasteiger partial charge in [-0.2, -0.15) is 0 Å². The zero-order valence-electron chi connectivity index (χ0n) is 8.16. The molecule has 0 saturated heterocycles. The van der Waals surface area contributed by atoms with Gasteiger partial charge in [0.25, 0.3) is 0 Å². The molecule has 0 atom stereocenters. The molecule has 15 heavy (non-hydrogen) atoms. The summed E-state index contributed by atoms with van der Waals surface area (Å²) in [6.45, 7) is -0.212. The Bertz CT molecular complexity index is 438. The zero-order chi connectivity index (χ0) is 10.7. The van der Waals surface area contributed by atoms with Crippen molar-refractivity contribution in [2.75, 3.05) is 7.11 Å². The fraction of sp³-hybridized carbons (Fsp3) is 0.222. The molecule has 0 unspecified atom stereocenters. The molecule has 0 aliphatic carbocycles. The van der Waals surface area contributed by atoms with E-state index in [9.17, 15) is 0 Å². The van der Waals surface area contributed by atoms with E-state index in [1.807, 2.05) is 12.1 Å². The number of nitrogens with zero attached hydrogens (tertiary/aromatic N) is 4. The first-order valence-electron chi connectivity index (χ1n) is 4.37. The van der Waals surface area contributed by atoms with Gasteiger partial charge in [-0.3, -0.25) is 0 Å². The molecule has 0 radical (unpaired) electrons. The minimum Gasteiger partial charge on any atom is -0.497 e. The van der Waals surface area contributed by atoms with E-state index in [0.717, 1.165) is 11.4 Å². The summed E-state index contributed by atoms with van der Waals surface area (Å²) in [6.07, 6.45) is 0. The Labute approximate surface area is 86.1 Å². The van der Waals surface area contributed by atoms with Crippen LogP contribution in [0.25, 0.3) is 5.69 Å². The van der Waals surface area contributed by atoms with Crippen molar-refractivity contribution in [3.8, 4) is 11.4 Å². The molecule has 2 aromatic rings. The van der Waals surface area contributed by atoms with E-state index in [2.05, 4.69) is 15.4 Å². The monoisotopic (exact) mass is 206 g/mol. The van der Waals surface area contributed by atoms with Crippen LogP contribution in [0.15, 0.2) is 24.3 Å². The lowest BCUT2D eigenvalue weighted by Crippen LogP contribution is -1.99. The minimum absolute atomic E-state index is 0.212. The Morgan fingerprint density at radius 1 is 1.33 bits per heavy atom. The van der Waals surface area contributed by atoms with E-state index < -0.39 is 0 Å². The molecule has 0 amide bonds. The van der Waals surface area contributed by atoms with Crippen molar-refractivity contribution in [1.29, 1.82) is 0 Å². The van der Waals surface area contributed by atoms with Crippen molar-refractivity contribution in [3.05, 3.63) is 30.1 Å². The van der Waals surface area contributed by atoms with Gasteiger partial charge >= 0.3 is 0 Å². The summed E-state index contributed by atoms with van der Waals surface area (Å²) in [4.78, 5) is 1.35. The third kappa shape index (κ3) is 1.94. The maximum absolute atomic E-state index is 8.78. The van der Waals surface area contributed by atoms with Crippen LogP contribution in [0.1, 0.15) is 5.82 Å². The van der Waals surface area contributed by atoms with Gasteiger partial charge in [-0.25, -0.2) is 0 Å². The average molecular weight is 206 g/mol. The maximum Gasteiger partial charge on any atom is 0.200 e. The van der Waals surface area contributed by atoms with Gasteiger partial charge in [-0.1, -0.05) is 0 Å². The van der Waals surface area contributed by atoms with Gasteiger partial charge in [-0.15, -0.1) is 15.0 Å². The standard InChI is InChI=1S/C9H10N4O2/c1-15-8-4-2-7(3-5-8)13-11-9(6-14)10-12-13/h2-5,14H,6H2,1H3. The summed E-state index contributed by atoms with van der Waals surface area (Å²) in [5, 5.41) is 20.2. The van der Waals surface area contributed by atoms with Crippen LogP contribution < -0.4 is 4.74 Å². The number of tetrazole rings is 1. The Morgan fingerprint density at radius 2 is 2.07 bits per heavy atom. The van der Waals surface area contributed by atoms with Crippen LogP contribution in [-0.2, 0) is 6.61 Å². The molecule has 6 nitrogen and oxygen atoms in total. The fourth-order valence-electron chi connectivity index (χ4n) is 1.13. The summed E-state index contributed by atoms with van der Waals surface area (Å²) in [5.41, 5.74) is 0.767. The molecule has 0 bridgehead atoms. The third-order valence-corrected chi connectivity index (χ3v) is 1.90. The minimum atomic E-state index is -0.212. The number of hydrogen-bond donors (Lipinski definition) is 1. The van der Waals surface area contributed by atoms with Gasteiger partial charge in [-0.05, 0) is 29.5 Å². The Kier molecular flexibility index (Phi) is 2.59. The van der Waals surface area contributed by atoms with Crippen LogP contribution >= 0.6 is 0 Å². The largest absolute Gasteiger partial charge is 0.497 e. The van der Waals surface area contributed by atoms with Crippen molar-refractivity contribution in [2.24, 2.45) is 0 Å². The third-order valence-electron chi connectivity index (χ3n) is 1.90. The number of hydrogen-bond acceptors (Lipinski definition) is 5. The highest BCUT2D eigenvalue weighted by molar-refractivity contribution is 5.35. The van der Waals surface area contributed by atoms with Crippen LogP contribution in [0.5, 0.6) is 5.75 Å². The molecule has 1 aromatic heterocycles. The molecule has 0 fully saturated rings. The number of methoxy groups -OCH3 is 1. The molecule has 6 heteroatoms.